The number of amides is 2. The first-order chi connectivity index (χ1) is 12.0. The lowest BCUT2D eigenvalue weighted by molar-refractivity contribution is -0.144. The highest BCUT2D eigenvalue weighted by molar-refractivity contribution is 5.83. The van der Waals surface area contributed by atoms with Crippen LogP contribution >= 0.6 is 0 Å². The maximum Gasteiger partial charge on any atom is 0.328 e. The predicted molar refractivity (Wildman–Crippen MR) is 89.6 cm³/mol. The quantitative estimate of drug-likeness (QED) is 0.708. The van der Waals surface area contributed by atoms with Crippen molar-refractivity contribution in [3.8, 4) is 0 Å². The first kappa shape index (κ1) is 19.2. The number of likely N-dealkylation sites (tertiary alicyclic amines) is 1. The first-order valence-corrected chi connectivity index (χ1v) is 8.66. The number of piperidine rings is 1. The van der Waals surface area contributed by atoms with Gasteiger partial charge in [-0.3, -0.25) is 0 Å². The van der Waals surface area contributed by atoms with Gasteiger partial charge in [-0.15, -0.1) is 10.2 Å². The first-order valence-electron chi connectivity index (χ1n) is 8.66. The summed E-state index contributed by atoms with van der Waals surface area (Å²) in [6.07, 6.45) is 2.50. The molecule has 0 aromatic carbocycles. The summed E-state index contributed by atoms with van der Waals surface area (Å²) >= 11 is 0. The summed E-state index contributed by atoms with van der Waals surface area (Å²) in [5, 5.41) is 19.9. The predicted octanol–water partition coefficient (Wildman–Crippen LogP) is 0.223. The van der Waals surface area contributed by atoms with E-state index in [2.05, 4.69) is 15.5 Å². The third kappa shape index (κ3) is 4.91. The summed E-state index contributed by atoms with van der Waals surface area (Å²) in [6, 6.07) is -0.888. The molecule has 1 aromatic heterocycles. The third-order valence-electron chi connectivity index (χ3n) is 4.55. The zero-order valence-electron chi connectivity index (χ0n) is 15.1. The van der Waals surface area contributed by atoms with Crippen molar-refractivity contribution in [3.63, 3.8) is 0 Å². The Morgan fingerprint density at radius 1 is 1.32 bits per heavy atom. The van der Waals surface area contributed by atoms with Gasteiger partial charge in [0.05, 0.1) is 6.61 Å². The van der Waals surface area contributed by atoms with E-state index >= 15 is 0 Å². The van der Waals surface area contributed by atoms with E-state index < -0.39 is 12.0 Å². The molecule has 1 atom stereocenters. The molecule has 0 saturated carbocycles. The molecule has 0 aliphatic carbocycles. The lowest BCUT2D eigenvalue weighted by Gasteiger charge is -2.32. The number of ether oxygens (including phenoxy) is 1. The van der Waals surface area contributed by atoms with E-state index in [1.807, 2.05) is 11.6 Å². The van der Waals surface area contributed by atoms with Crippen LogP contribution in [-0.4, -0.2) is 62.5 Å². The van der Waals surface area contributed by atoms with Crippen LogP contribution in [0.5, 0.6) is 0 Å². The second-order valence-corrected chi connectivity index (χ2v) is 6.31. The van der Waals surface area contributed by atoms with Crippen molar-refractivity contribution in [2.75, 3.05) is 19.7 Å². The average molecular weight is 353 g/mol. The van der Waals surface area contributed by atoms with E-state index in [4.69, 9.17) is 4.74 Å². The van der Waals surface area contributed by atoms with E-state index in [-0.39, 0.29) is 12.6 Å². The monoisotopic (exact) mass is 353 g/mol. The minimum atomic E-state index is -0.652. The molecule has 2 amide bonds. The van der Waals surface area contributed by atoms with Crippen molar-refractivity contribution in [2.45, 2.75) is 45.8 Å². The normalized spacial score (nSPS) is 16.6. The number of hydrogen-bond acceptors (Lipinski definition) is 6. The van der Waals surface area contributed by atoms with Gasteiger partial charge in [0.2, 0.25) is 0 Å². The van der Waals surface area contributed by atoms with E-state index in [1.165, 1.54) is 0 Å². The maximum atomic E-state index is 12.2. The van der Waals surface area contributed by atoms with Crippen LogP contribution in [0.2, 0.25) is 0 Å². The Morgan fingerprint density at radius 2 is 1.96 bits per heavy atom. The highest BCUT2D eigenvalue weighted by Crippen LogP contribution is 2.21. The van der Waals surface area contributed by atoms with Crippen molar-refractivity contribution in [1.29, 1.82) is 0 Å². The number of carbonyl (C=O) groups excluding carboxylic acids is 2. The molecule has 1 aliphatic rings. The molecule has 1 fully saturated rings. The van der Waals surface area contributed by atoms with Gasteiger partial charge in [-0.25, -0.2) is 9.59 Å². The van der Waals surface area contributed by atoms with Gasteiger partial charge in [0.1, 0.15) is 18.5 Å². The molecule has 0 bridgehead atoms. The Kier molecular flexibility index (Phi) is 6.74. The molecular weight excluding hydrogens is 326 g/mol. The summed E-state index contributed by atoms with van der Waals surface area (Å²) in [5.41, 5.74) is 0. The van der Waals surface area contributed by atoms with Crippen LogP contribution in [0.4, 0.5) is 4.79 Å². The molecule has 2 N–H and O–H groups in total. The van der Waals surface area contributed by atoms with Crippen molar-refractivity contribution in [2.24, 2.45) is 13.0 Å². The van der Waals surface area contributed by atoms with Crippen LogP contribution in [0.15, 0.2) is 0 Å². The summed E-state index contributed by atoms with van der Waals surface area (Å²) < 4.78 is 6.71. The van der Waals surface area contributed by atoms with Crippen molar-refractivity contribution in [1.82, 2.24) is 25.0 Å². The number of nitrogens with zero attached hydrogens (tertiary/aromatic N) is 4. The molecule has 9 heteroatoms. The van der Waals surface area contributed by atoms with Gasteiger partial charge >= 0.3 is 12.0 Å². The Morgan fingerprint density at radius 3 is 2.52 bits per heavy atom. The number of hydrogen-bond donors (Lipinski definition) is 2. The molecule has 1 aliphatic heterocycles. The largest absolute Gasteiger partial charge is 0.464 e. The number of aliphatic hydroxyl groups is 1. The summed E-state index contributed by atoms with van der Waals surface area (Å²) in [5.74, 6) is 1.40. The Hall–Kier alpha value is -2.16. The van der Waals surface area contributed by atoms with Gasteiger partial charge in [0.15, 0.2) is 5.82 Å². The minimum Gasteiger partial charge on any atom is -0.464 e. The molecule has 25 heavy (non-hydrogen) atoms. The van der Waals surface area contributed by atoms with E-state index in [0.29, 0.717) is 31.4 Å². The summed E-state index contributed by atoms with van der Waals surface area (Å²) in [7, 11) is 1.85. The Bertz CT molecular complexity index is 595. The molecule has 9 nitrogen and oxygen atoms in total. The van der Waals surface area contributed by atoms with Crippen LogP contribution in [0.1, 0.15) is 38.3 Å². The lowest BCUT2D eigenvalue weighted by atomic mass is 9.93. The van der Waals surface area contributed by atoms with Crippen LogP contribution in [0.3, 0.4) is 0 Å². The van der Waals surface area contributed by atoms with Gasteiger partial charge < -0.3 is 24.6 Å². The third-order valence-corrected chi connectivity index (χ3v) is 4.55. The van der Waals surface area contributed by atoms with Gasteiger partial charge in [-0.1, -0.05) is 0 Å². The topological polar surface area (TPSA) is 110 Å². The van der Waals surface area contributed by atoms with Crippen molar-refractivity contribution in [3.05, 3.63) is 11.6 Å². The molecule has 2 rings (SSSR count). The molecule has 0 unspecified atom stereocenters. The molecule has 140 valence electrons. The number of rotatable bonds is 6. The molecule has 2 heterocycles. The highest BCUT2D eigenvalue weighted by Gasteiger charge is 2.26. The average Bonchev–Trinajstić information content (AvgIpc) is 2.95. The number of aromatic nitrogens is 3. The number of nitrogens with one attached hydrogen (secondary N) is 1. The number of carbonyl (C=O) groups is 2. The fraction of sp³-hybridized carbons (Fsp3) is 0.750. The standard InChI is InChI=1S/C16H27N5O4/c1-4-25-15(23)11(2)17-16(24)21-7-5-12(6-8-21)9-13-18-19-14(10-22)20(13)3/h11-12,22H,4-10H2,1-3H3,(H,17,24)/t11-/m0/s1. The van der Waals surface area contributed by atoms with Crippen LogP contribution in [0, 0.1) is 5.92 Å². The zero-order valence-corrected chi connectivity index (χ0v) is 15.1. The van der Waals surface area contributed by atoms with Crippen molar-refractivity contribution < 1.29 is 19.4 Å². The van der Waals surface area contributed by atoms with Crippen LogP contribution < -0.4 is 5.32 Å². The van der Waals surface area contributed by atoms with E-state index in [9.17, 15) is 14.7 Å². The molecule has 0 spiro atoms. The number of urea groups is 1. The summed E-state index contributed by atoms with van der Waals surface area (Å²) in [4.78, 5) is 25.5. The van der Waals surface area contributed by atoms with E-state index in [0.717, 1.165) is 25.1 Å². The number of aliphatic hydroxyl groups excluding tert-OH is 1. The summed E-state index contributed by atoms with van der Waals surface area (Å²) in [6.45, 7) is 4.80. The minimum absolute atomic E-state index is 0.124. The van der Waals surface area contributed by atoms with Crippen LogP contribution in [-0.2, 0) is 29.6 Å². The molecule has 0 radical (unpaired) electrons. The highest BCUT2D eigenvalue weighted by atomic mass is 16.5. The smallest absolute Gasteiger partial charge is 0.328 e. The molecule has 1 aromatic rings. The fourth-order valence-electron chi connectivity index (χ4n) is 2.92. The van der Waals surface area contributed by atoms with Gasteiger partial charge in [-0.2, -0.15) is 0 Å². The number of esters is 1. The second-order valence-electron chi connectivity index (χ2n) is 6.31. The second kappa shape index (κ2) is 8.80. The van der Waals surface area contributed by atoms with Gasteiger partial charge in [0, 0.05) is 26.6 Å². The molecule has 1 saturated heterocycles. The fourth-order valence-corrected chi connectivity index (χ4v) is 2.92. The van der Waals surface area contributed by atoms with Gasteiger partial charge in [0.25, 0.3) is 0 Å². The SMILES string of the molecule is CCOC(=O)[C@H](C)NC(=O)N1CCC(Cc2nnc(CO)n2C)CC1. The maximum absolute atomic E-state index is 12.2. The lowest BCUT2D eigenvalue weighted by Crippen LogP contribution is -2.49. The zero-order chi connectivity index (χ0) is 18.4. The molecular formula is C16H27N5O4. The van der Waals surface area contributed by atoms with Gasteiger partial charge in [-0.05, 0) is 32.6 Å². The van der Waals surface area contributed by atoms with Crippen molar-refractivity contribution >= 4 is 12.0 Å². The van der Waals surface area contributed by atoms with Crippen LogP contribution in [0.25, 0.3) is 0 Å². The Balaban J connectivity index is 1.79. The Labute approximate surface area is 147 Å². The van der Waals surface area contributed by atoms with E-state index in [1.54, 1.807) is 18.7 Å².